The number of nitrogens with zero attached hydrogens (tertiary/aromatic N) is 2. The third kappa shape index (κ3) is 16.3. The first-order valence-corrected chi connectivity index (χ1v) is 18.5. The SMILES string of the molecule is CCCN1CCCC[C@H]1C(=O)Nc1c(C)cccc1C.CCN(CC)CC(=O)Nc1c(C)cccc1C.Cc1cccc(C)c1OCC(C)N.Cl.Cl. The van der Waals surface area contributed by atoms with Gasteiger partial charge in [-0.2, -0.15) is 0 Å². The number of rotatable bonds is 12. The lowest BCUT2D eigenvalue weighted by Gasteiger charge is -2.34. The highest BCUT2D eigenvalue weighted by molar-refractivity contribution is 5.96. The summed E-state index contributed by atoms with van der Waals surface area (Å²) in [5.41, 5.74) is 14.4. The molecule has 8 nitrogen and oxygen atoms in total. The van der Waals surface area contributed by atoms with Crippen molar-refractivity contribution in [2.45, 2.75) is 107 Å². The molecule has 0 spiro atoms. The number of hydrogen-bond acceptors (Lipinski definition) is 6. The molecule has 292 valence electrons. The largest absolute Gasteiger partial charge is 0.491 e. The Balaban J connectivity index is 0.000000752. The number of anilines is 2. The van der Waals surface area contributed by atoms with Crippen LogP contribution in [0.5, 0.6) is 5.75 Å². The standard InChI is InChI=1S/C17H26N2O.C14H22N2O.C11H17NO.2ClH/c1-4-11-19-12-6-5-10-15(19)17(20)18-16-13(2)8-7-9-14(16)3;1-5-16(6-2)10-13(17)15-14-11(3)8-7-9-12(14)4;1-8-5-4-6-9(2)11(8)13-7-10(3)12;;/h7-9,15H,4-6,10-12H2,1-3H3,(H,18,20);7-9H,5-6,10H2,1-4H3,(H,15,17);4-6,10H,7,12H2,1-3H3;2*1H/t15-;;;;/m0..../s1. The number of piperidine rings is 1. The van der Waals surface area contributed by atoms with Crippen LogP contribution in [0.3, 0.4) is 0 Å². The maximum Gasteiger partial charge on any atom is 0.241 e. The normalized spacial score (nSPS) is 14.3. The van der Waals surface area contributed by atoms with Crippen LogP contribution >= 0.6 is 24.8 Å². The van der Waals surface area contributed by atoms with E-state index >= 15 is 0 Å². The molecule has 2 amide bonds. The van der Waals surface area contributed by atoms with Crippen LogP contribution < -0.4 is 21.1 Å². The first-order valence-electron chi connectivity index (χ1n) is 18.5. The summed E-state index contributed by atoms with van der Waals surface area (Å²) in [4.78, 5) is 28.9. The molecule has 10 heteroatoms. The van der Waals surface area contributed by atoms with E-state index in [2.05, 4.69) is 41.2 Å². The van der Waals surface area contributed by atoms with E-state index in [4.69, 9.17) is 10.5 Å². The number of aryl methyl sites for hydroxylation is 6. The van der Waals surface area contributed by atoms with Crippen LogP contribution in [0.2, 0.25) is 0 Å². The number of para-hydroxylation sites is 3. The van der Waals surface area contributed by atoms with Gasteiger partial charge < -0.3 is 21.1 Å². The highest BCUT2D eigenvalue weighted by Gasteiger charge is 2.28. The van der Waals surface area contributed by atoms with Crippen molar-refractivity contribution >= 4 is 48.0 Å². The zero-order chi connectivity index (χ0) is 37.2. The van der Waals surface area contributed by atoms with Gasteiger partial charge in [-0.15, -0.1) is 24.8 Å². The Morgan fingerprint density at radius 3 is 1.69 bits per heavy atom. The number of carbonyl (C=O) groups excluding carboxylic acids is 2. The average molecular weight is 761 g/mol. The summed E-state index contributed by atoms with van der Waals surface area (Å²) in [6.07, 6.45) is 4.46. The molecule has 1 saturated heterocycles. The van der Waals surface area contributed by atoms with Gasteiger partial charge in [-0.1, -0.05) is 81.8 Å². The second-order valence-corrected chi connectivity index (χ2v) is 13.6. The van der Waals surface area contributed by atoms with Crippen LogP contribution in [0.15, 0.2) is 54.6 Å². The molecule has 52 heavy (non-hydrogen) atoms. The predicted molar refractivity (Wildman–Crippen MR) is 226 cm³/mol. The Kier molecular flexibility index (Phi) is 24.2. The predicted octanol–water partition coefficient (Wildman–Crippen LogP) is 8.96. The van der Waals surface area contributed by atoms with Crippen LogP contribution in [0.25, 0.3) is 0 Å². The average Bonchev–Trinajstić information content (AvgIpc) is 3.08. The van der Waals surface area contributed by atoms with Crippen molar-refractivity contribution in [3.05, 3.63) is 88.0 Å². The van der Waals surface area contributed by atoms with Crippen molar-refractivity contribution in [2.24, 2.45) is 5.73 Å². The summed E-state index contributed by atoms with van der Waals surface area (Å²) in [6.45, 7) is 25.4. The van der Waals surface area contributed by atoms with Crippen molar-refractivity contribution in [1.82, 2.24) is 9.80 Å². The summed E-state index contributed by atoms with van der Waals surface area (Å²) in [5, 5.41) is 6.15. The molecular formula is C42H67Cl2N5O3. The molecule has 1 unspecified atom stereocenters. The summed E-state index contributed by atoms with van der Waals surface area (Å²) in [7, 11) is 0. The number of amides is 2. The van der Waals surface area contributed by atoms with E-state index in [0.29, 0.717) is 13.2 Å². The molecule has 0 saturated carbocycles. The molecule has 1 aliphatic rings. The van der Waals surface area contributed by atoms with Gasteiger partial charge in [0.2, 0.25) is 11.8 Å². The van der Waals surface area contributed by atoms with Crippen molar-refractivity contribution in [1.29, 1.82) is 0 Å². The Hall–Kier alpha value is -3.14. The second kappa shape index (κ2) is 25.8. The molecule has 0 aromatic heterocycles. The fraction of sp³-hybridized carbons (Fsp3) is 0.524. The van der Waals surface area contributed by atoms with Gasteiger partial charge in [-0.25, -0.2) is 0 Å². The maximum absolute atomic E-state index is 12.6. The lowest BCUT2D eigenvalue weighted by molar-refractivity contribution is -0.122. The Morgan fingerprint density at radius 2 is 1.25 bits per heavy atom. The van der Waals surface area contributed by atoms with Crippen LogP contribution in [-0.2, 0) is 9.59 Å². The fourth-order valence-electron chi connectivity index (χ4n) is 6.14. The summed E-state index contributed by atoms with van der Waals surface area (Å²) < 4.78 is 5.60. The van der Waals surface area contributed by atoms with Gasteiger partial charge in [0.25, 0.3) is 0 Å². The highest BCUT2D eigenvalue weighted by atomic mass is 35.5. The molecular weight excluding hydrogens is 693 g/mol. The van der Waals surface area contributed by atoms with Gasteiger partial charge in [0.05, 0.1) is 12.6 Å². The van der Waals surface area contributed by atoms with Crippen LogP contribution in [0.1, 0.15) is 86.8 Å². The van der Waals surface area contributed by atoms with Crippen LogP contribution in [0.4, 0.5) is 11.4 Å². The van der Waals surface area contributed by atoms with E-state index in [1.54, 1.807) is 0 Å². The van der Waals surface area contributed by atoms with Crippen LogP contribution in [-0.4, -0.2) is 73.0 Å². The van der Waals surface area contributed by atoms with Gasteiger partial charge in [0.15, 0.2) is 0 Å². The number of hydrogen-bond donors (Lipinski definition) is 3. The van der Waals surface area contributed by atoms with Crippen molar-refractivity contribution in [3.8, 4) is 5.75 Å². The molecule has 1 aliphatic heterocycles. The van der Waals surface area contributed by atoms with E-state index in [1.807, 2.05) is 103 Å². The summed E-state index contributed by atoms with van der Waals surface area (Å²) in [5.74, 6) is 1.20. The minimum absolute atomic E-state index is 0. The first-order chi connectivity index (χ1) is 23.8. The fourth-order valence-corrected chi connectivity index (χ4v) is 6.14. The van der Waals surface area contributed by atoms with Crippen molar-refractivity contribution in [3.63, 3.8) is 0 Å². The number of likely N-dealkylation sites (N-methyl/N-ethyl adjacent to an activating group) is 1. The van der Waals surface area contributed by atoms with Crippen LogP contribution in [0, 0.1) is 41.5 Å². The second-order valence-electron chi connectivity index (χ2n) is 13.6. The van der Waals surface area contributed by atoms with Gasteiger partial charge >= 0.3 is 0 Å². The first kappa shape index (κ1) is 48.9. The number of likely N-dealkylation sites (tertiary alicyclic amines) is 1. The Bertz CT molecular complexity index is 1430. The molecule has 1 fully saturated rings. The van der Waals surface area contributed by atoms with Crippen molar-refractivity contribution < 1.29 is 14.3 Å². The van der Waals surface area contributed by atoms with Gasteiger partial charge in [0, 0.05) is 17.4 Å². The Labute approximate surface area is 327 Å². The number of carbonyl (C=O) groups is 2. The van der Waals surface area contributed by atoms with E-state index in [9.17, 15) is 9.59 Å². The molecule has 4 rings (SSSR count). The van der Waals surface area contributed by atoms with E-state index < -0.39 is 0 Å². The molecule has 3 aromatic rings. The third-order valence-corrected chi connectivity index (χ3v) is 9.06. The maximum atomic E-state index is 12.6. The third-order valence-electron chi connectivity index (χ3n) is 9.06. The smallest absolute Gasteiger partial charge is 0.241 e. The van der Waals surface area contributed by atoms with E-state index in [-0.39, 0.29) is 48.7 Å². The molecule has 0 radical (unpaired) electrons. The zero-order valence-corrected chi connectivity index (χ0v) is 35.1. The van der Waals surface area contributed by atoms with Crippen molar-refractivity contribution in [2.75, 3.05) is 50.0 Å². The molecule has 0 bridgehead atoms. The lowest BCUT2D eigenvalue weighted by Crippen LogP contribution is -2.47. The quantitative estimate of drug-likeness (QED) is 0.171. The molecule has 1 heterocycles. The van der Waals surface area contributed by atoms with Gasteiger partial charge in [-0.3, -0.25) is 19.4 Å². The Morgan fingerprint density at radius 1 is 0.788 bits per heavy atom. The van der Waals surface area contributed by atoms with E-state index in [1.165, 1.54) is 17.5 Å². The highest BCUT2D eigenvalue weighted by Crippen LogP contribution is 2.24. The molecule has 4 N–H and O–H groups in total. The zero-order valence-electron chi connectivity index (χ0n) is 33.4. The molecule has 3 aromatic carbocycles. The number of ether oxygens (including phenoxy) is 1. The van der Waals surface area contributed by atoms with Gasteiger partial charge in [-0.05, 0) is 127 Å². The number of nitrogens with one attached hydrogen (secondary N) is 2. The topological polar surface area (TPSA) is 99.9 Å². The number of benzene rings is 3. The summed E-state index contributed by atoms with van der Waals surface area (Å²) in [6, 6.07) is 18.4. The summed E-state index contributed by atoms with van der Waals surface area (Å²) >= 11 is 0. The molecule has 2 atom stereocenters. The minimum Gasteiger partial charge on any atom is -0.491 e. The molecule has 0 aliphatic carbocycles. The number of halogens is 2. The lowest BCUT2D eigenvalue weighted by atomic mass is 10.0. The minimum atomic E-state index is 0. The number of nitrogens with two attached hydrogens (primary N) is 1. The monoisotopic (exact) mass is 759 g/mol. The van der Waals surface area contributed by atoms with E-state index in [0.717, 1.165) is 84.8 Å². The van der Waals surface area contributed by atoms with Gasteiger partial charge in [0.1, 0.15) is 12.4 Å².